The Morgan fingerprint density at radius 1 is 1.07 bits per heavy atom. The number of aromatic amines is 1. The molecular weight excluding hydrogens is 537 g/mol. The lowest BCUT2D eigenvalue weighted by atomic mass is 9.96. The summed E-state index contributed by atoms with van der Waals surface area (Å²) < 4.78 is 21.9. The molecule has 202 valence electrons. The van der Waals surface area contributed by atoms with Gasteiger partial charge in [0.05, 0.1) is 11.3 Å². The van der Waals surface area contributed by atoms with Gasteiger partial charge in [0.2, 0.25) is 0 Å². The molecule has 0 aliphatic heterocycles. The molecule has 0 bridgehead atoms. The first-order chi connectivity index (χ1) is 19.9. The smallest absolute Gasteiger partial charge is 0.255 e. The minimum Gasteiger partial charge on any atom is -0.455 e. The van der Waals surface area contributed by atoms with Crippen molar-refractivity contribution >= 4 is 45.4 Å². The average Bonchev–Trinajstić information content (AvgIpc) is 3.61. The van der Waals surface area contributed by atoms with Crippen molar-refractivity contribution in [2.45, 2.75) is 0 Å². The van der Waals surface area contributed by atoms with Crippen LogP contribution >= 0.6 is 11.9 Å². The molecule has 0 spiro atoms. The zero-order chi connectivity index (χ0) is 28.7. The summed E-state index contributed by atoms with van der Waals surface area (Å²) in [5.74, 6) is -0.394. The summed E-state index contributed by atoms with van der Waals surface area (Å²) in [4.78, 5) is 21.1. The van der Waals surface area contributed by atoms with Crippen molar-refractivity contribution in [3.05, 3.63) is 96.1 Å². The maximum Gasteiger partial charge on any atom is 0.255 e. The number of rotatable bonds is 6. The predicted molar refractivity (Wildman–Crippen MR) is 162 cm³/mol. The zero-order valence-electron chi connectivity index (χ0n) is 22.4. The van der Waals surface area contributed by atoms with Crippen LogP contribution in [0.25, 0.3) is 55.6 Å². The van der Waals surface area contributed by atoms with Gasteiger partial charge in [0.15, 0.2) is 0 Å². The molecule has 6 rings (SSSR count). The lowest BCUT2D eigenvalue weighted by Gasteiger charge is -2.20. The molecule has 41 heavy (non-hydrogen) atoms. The number of hydrogen-bond acceptors (Lipinski definition) is 6. The monoisotopic (exact) mass is 561 g/mol. The molecule has 3 aromatic carbocycles. The summed E-state index contributed by atoms with van der Waals surface area (Å²) in [6.45, 7) is 0. The van der Waals surface area contributed by atoms with E-state index in [0.717, 1.165) is 27.8 Å². The van der Waals surface area contributed by atoms with Crippen LogP contribution in [0, 0.1) is 17.1 Å². The van der Waals surface area contributed by atoms with Crippen molar-refractivity contribution in [2.75, 3.05) is 24.7 Å². The van der Waals surface area contributed by atoms with Crippen molar-refractivity contribution < 1.29 is 13.6 Å². The van der Waals surface area contributed by atoms with Gasteiger partial charge < -0.3 is 19.0 Å². The number of hydrogen-bond donors (Lipinski definition) is 2. The molecular formula is C32H24FN5O2S. The molecule has 1 amide bonds. The van der Waals surface area contributed by atoms with Crippen LogP contribution in [0.1, 0.15) is 16.1 Å². The maximum atomic E-state index is 13.7. The Morgan fingerprint density at radius 2 is 1.85 bits per heavy atom. The summed E-state index contributed by atoms with van der Waals surface area (Å²) in [7, 11) is 3.47. The number of amides is 1. The van der Waals surface area contributed by atoms with Gasteiger partial charge in [0.1, 0.15) is 28.9 Å². The van der Waals surface area contributed by atoms with E-state index in [9.17, 15) is 14.4 Å². The summed E-state index contributed by atoms with van der Waals surface area (Å²) in [5, 5.41) is 14.4. The molecule has 0 saturated heterocycles. The number of anilines is 1. The molecule has 0 atom stereocenters. The normalized spacial score (nSPS) is 11.1. The van der Waals surface area contributed by atoms with Crippen molar-refractivity contribution in [3.63, 3.8) is 0 Å². The van der Waals surface area contributed by atoms with E-state index in [0.29, 0.717) is 39.0 Å². The van der Waals surface area contributed by atoms with Gasteiger partial charge in [-0.05, 0) is 48.5 Å². The Balaban J connectivity index is 1.62. The van der Waals surface area contributed by atoms with Gasteiger partial charge in [-0.15, -0.1) is 0 Å². The third-order valence-corrected chi connectivity index (χ3v) is 7.85. The van der Waals surface area contributed by atoms with E-state index >= 15 is 0 Å². The first-order valence-electron chi connectivity index (χ1n) is 12.8. The number of nitriles is 1. The summed E-state index contributed by atoms with van der Waals surface area (Å²) in [6.07, 6.45) is 3.63. The first kappa shape index (κ1) is 26.2. The Kier molecular flexibility index (Phi) is 6.69. The molecule has 0 aliphatic carbocycles. The number of nitrogens with one attached hydrogen (secondary N) is 2. The van der Waals surface area contributed by atoms with Gasteiger partial charge in [-0.1, -0.05) is 30.1 Å². The molecule has 0 unspecified atom stereocenters. The fraction of sp³-hybridized carbons (Fsp3) is 0.0938. The number of nitrogens with zero attached hydrogens (tertiary/aromatic N) is 3. The Labute approximate surface area is 239 Å². The third-order valence-electron chi connectivity index (χ3n) is 7.10. The van der Waals surface area contributed by atoms with E-state index in [4.69, 9.17) is 4.42 Å². The molecule has 7 nitrogen and oxygen atoms in total. The molecule has 6 aromatic rings. The second-order valence-electron chi connectivity index (χ2n) is 9.44. The van der Waals surface area contributed by atoms with E-state index in [-0.39, 0.29) is 17.4 Å². The van der Waals surface area contributed by atoms with Crippen LogP contribution in [-0.2, 0) is 0 Å². The van der Waals surface area contributed by atoms with E-state index in [1.165, 1.54) is 24.1 Å². The predicted octanol–water partition coefficient (Wildman–Crippen LogP) is 7.39. The third kappa shape index (κ3) is 4.58. The number of fused-ring (bicyclic) bond motifs is 2. The van der Waals surface area contributed by atoms with Gasteiger partial charge in [-0.3, -0.25) is 4.79 Å². The van der Waals surface area contributed by atoms with E-state index in [1.807, 2.05) is 60.1 Å². The van der Waals surface area contributed by atoms with E-state index in [1.54, 1.807) is 25.4 Å². The second-order valence-corrected chi connectivity index (χ2v) is 10.4. The minimum absolute atomic E-state index is 0.253. The van der Waals surface area contributed by atoms with Crippen LogP contribution in [0.2, 0.25) is 0 Å². The van der Waals surface area contributed by atoms with Crippen molar-refractivity contribution in [3.8, 4) is 39.8 Å². The molecule has 9 heteroatoms. The largest absolute Gasteiger partial charge is 0.455 e. The molecule has 2 N–H and O–H groups in total. The maximum absolute atomic E-state index is 13.7. The molecule has 0 radical (unpaired) electrons. The van der Waals surface area contributed by atoms with Crippen molar-refractivity contribution in [1.82, 2.24) is 15.3 Å². The number of aromatic nitrogens is 2. The average molecular weight is 562 g/mol. The van der Waals surface area contributed by atoms with Crippen molar-refractivity contribution in [1.29, 1.82) is 5.26 Å². The van der Waals surface area contributed by atoms with Crippen LogP contribution in [-0.4, -0.2) is 36.2 Å². The van der Waals surface area contributed by atoms with Gasteiger partial charge in [-0.2, -0.15) is 5.26 Å². The van der Waals surface area contributed by atoms with E-state index < -0.39 is 0 Å². The number of benzene rings is 3. The lowest BCUT2D eigenvalue weighted by molar-refractivity contribution is 0.0964. The number of furan rings is 1. The van der Waals surface area contributed by atoms with Crippen molar-refractivity contribution in [2.24, 2.45) is 0 Å². The summed E-state index contributed by atoms with van der Waals surface area (Å²) in [6, 6.07) is 23.8. The number of carbonyl (C=O) groups excluding carboxylic acids is 1. The highest BCUT2D eigenvalue weighted by Crippen LogP contribution is 2.43. The van der Waals surface area contributed by atoms with Crippen LogP contribution in [0.15, 0.2) is 83.4 Å². The standard InChI is InChI=1S/C32H24FN5O2S/c1-35-32(39)30-24-14-23(28(38(2)41-3)15-29(24)40-31(30)18-8-10-21(33)11-9-18)22-12-20(17-36-27(22)16-34)26-13-19-6-4-5-7-25(19)37-26/h4-15,17,37H,1-3H3,(H,35,39). The number of H-pyrrole nitrogens is 1. The first-order valence-corrected chi connectivity index (χ1v) is 13.9. The number of para-hydroxylation sites is 1. The van der Waals surface area contributed by atoms with Gasteiger partial charge in [0.25, 0.3) is 5.91 Å². The fourth-order valence-electron chi connectivity index (χ4n) is 5.00. The highest BCUT2D eigenvalue weighted by Gasteiger charge is 2.25. The van der Waals surface area contributed by atoms with Gasteiger partial charge in [-0.25, -0.2) is 9.37 Å². The Bertz CT molecular complexity index is 1960. The fourth-order valence-corrected chi connectivity index (χ4v) is 5.34. The van der Waals surface area contributed by atoms with Crippen LogP contribution in [0.5, 0.6) is 0 Å². The van der Waals surface area contributed by atoms with Gasteiger partial charge >= 0.3 is 0 Å². The second kappa shape index (κ2) is 10.5. The number of halogens is 1. The molecule has 0 aliphatic rings. The number of carbonyl (C=O) groups is 1. The Morgan fingerprint density at radius 3 is 2.56 bits per heavy atom. The summed E-state index contributed by atoms with van der Waals surface area (Å²) in [5.41, 5.74) is 6.44. The van der Waals surface area contributed by atoms with Gasteiger partial charge in [0, 0.05) is 76.9 Å². The van der Waals surface area contributed by atoms with Crippen LogP contribution in [0.3, 0.4) is 0 Å². The topological polar surface area (TPSA) is 97.9 Å². The zero-order valence-corrected chi connectivity index (χ0v) is 23.3. The van der Waals surface area contributed by atoms with Crippen LogP contribution in [0.4, 0.5) is 10.1 Å². The molecule has 3 aromatic heterocycles. The molecule has 0 fully saturated rings. The lowest BCUT2D eigenvalue weighted by Crippen LogP contribution is -2.18. The highest BCUT2D eigenvalue weighted by atomic mass is 32.2. The van der Waals surface area contributed by atoms with E-state index in [2.05, 4.69) is 27.4 Å². The molecule has 3 heterocycles. The quantitative estimate of drug-likeness (QED) is 0.206. The SMILES string of the molecule is CNC(=O)c1c(-c2ccc(F)cc2)oc2cc(N(C)SC)c(-c3cc(-c4cc5ccccc5[nH]4)cnc3C#N)cc12. The highest BCUT2D eigenvalue weighted by molar-refractivity contribution is 7.99. The minimum atomic E-state index is -0.385. The summed E-state index contributed by atoms with van der Waals surface area (Å²) >= 11 is 1.49. The number of pyridine rings is 1. The van der Waals surface area contributed by atoms with Crippen LogP contribution < -0.4 is 9.62 Å². The Hall–Kier alpha value is -5.07. The molecule has 0 saturated carbocycles.